The summed E-state index contributed by atoms with van der Waals surface area (Å²) in [5.41, 5.74) is 8.64. The predicted octanol–water partition coefficient (Wildman–Crippen LogP) is 2.79. The maximum Gasteiger partial charge on any atom is 0.189 e. The normalized spacial score (nSPS) is 20.6. The fourth-order valence-electron chi connectivity index (χ4n) is 3.69. The first kappa shape index (κ1) is 21.4. The highest BCUT2D eigenvalue weighted by atomic mass is 127. The van der Waals surface area contributed by atoms with Crippen LogP contribution in [0.4, 0.5) is 0 Å². The molecule has 146 valence electrons. The smallest absolute Gasteiger partial charge is 0.189 e. The summed E-state index contributed by atoms with van der Waals surface area (Å²) in [4.78, 5) is 9.43. The van der Waals surface area contributed by atoms with Crippen molar-refractivity contribution in [2.45, 2.75) is 51.2 Å². The second-order valence-electron chi connectivity index (χ2n) is 7.58. The van der Waals surface area contributed by atoms with Crippen molar-refractivity contribution in [1.29, 1.82) is 0 Å². The van der Waals surface area contributed by atoms with Gasteiger partial charge in [-0.05, 0) is 31.0 Å². The summed E-state index contributed by atoms with van der Waals surface area (Å²) in [6.45, 7) is 6.35. The van der Waals surface area contributed by atoms with Crippen molar-refractivity contribution in [2.75, 3.05) is 33.2 Å². The zero-order valence-electron chi connectivity index (χ0n) is 16.0. The molecule has 1 saturated carbocycles. The van der Waals surface area contributed by atoms with Crippen molar-refractivity contribution >= 4 is 29.9 Å². The summed E-state index contributed by atoms with van der Waals surface area (Å²) in [7, 11) is 2.20. The SMILES string of the molecule is CN1CCN(Cc2ccc(CN=C(N)NC3CCCCC3)cc2)CC1.I. The number of likely N-dealkylation sites (N-methyl/N-ethyl adjacent to an activating group) is 1. The molecule has 0 aromatic heterocycles. The highest BCUT2D eigenvalue weighted by Crippen LogP contribution is 2.17. The van der Waals surface area contributed by atoms with Crippen molar-refractivity contribution in [3.05, 3.63) is 35.4 Å². The number of halogens is 1. The Morgan fingerprint density at radius 1 is 1.04 bits per heavy atom. The Morgan fingerprint density at radius 2 is 1.65 bits per heavy atom. The van der Waals surface area contributed by atoms with E-state index in [2.05, 4.69) is 51.4 Å². The van der Waals surface area contributed by atoms with Crippen LogP contribution in [-0.2, 0) is 13.1 Å². The van der Waals surface area contributed by atoms with Crippen LogP contribution >= 0.6 is 24.0 Å². The molecular weight excluding hydrogens is 437 g/mol. The third-order valence-corrected chi connectivity index (χ3v) is 5.41. The number of hydrogen-bond acceptors (Lipinski definition) is 3. The van der Waals surface area contributed by atoms with E-state index in [0.717, 1.165) is 19.6 Å². The molecule has 1 aromatic rings. The van der Waals surface area contributed by atoms with Crippen molar-refractivity contribution < 1.29 is 0 Å². The summed E-state index contributed by atoms with van der Waals surface area (Å²) < 4.78 is 0. The van der Waals surface area contributed by atoms with Crippen LogP contribution in [0.3, 0.4) is 0 Å². The van der Waals surface area contributed by atoms with E-state index in [4.69, 9.17) is 5.73 Å². The van der Waals surface area contributed by atoms with E-state index in [9.17, 15) is 0 Å². The molecule has 1 aromatic carbocycles. The van der Waals surface area contributed by atoms with Gasteiger partial charge in [0.2, 0.25) is 0 Å². The van der Waals surface area contributed by atoms with E-state index >= 15 is 0 Å². The fraction of sp³-hybridized carbons (Fsp3) is 0.650. The number of hydrogen-bond donors (Lipinski definition) is 2. The van der Waals surface area contributed by atoms with E-state index in [1.807, 2.05) is 0 Å². The molecule has 0 bridgehead atoms. The van der Waals surface area contributed by atoms with Crippen molar-refractivity contribution in [2.24, 2.45) is 10.7 Å². The molecule has 0 spiro atoms. The van der Waals surface area contributed by atoms with E-state index in [0.29, 0.717) is 18.5 Å². The lowest BCUT2D eigenvalue weighted by Crippen LogP contribution is -2.43. The van der Waals surface area contributed by atoms with Gasteiger partial charge in [-0.15, -0.1) is 24.0 Å². The molecule has 1 aliphatic heterocycles. The number of nitrogens with zero attached hydrogens (tertiary/aromatic N) is 3. The lowest BCUT2D eigenvalue weighted by Gasteiger charge is -2.32. The Kier molecular flexibility index (Phi) is 9.15. The molecule has 2 fully saturated rings. The Labute approximate surface area is 175 Å². The van der Waals surface area contributed by atoms with E-state index in [-0.39, 0.29) is 24.0 Å². The van der Waals surface area contributed by atoms with Gasteiger partial charge in [0.05, 0.1) is 6.54 Å². The Morgan fingerprint density at radius 3 is 2.31 bits per heavy atom. The standard InChI is InChI=1S/C20H33N5.HI/c1-24-11-13-25(14-12-24)16-18-9-7-17(8-10-18)15-22-20(21)23-19-5-3-2-4-6-19;/h7-10,19H,2-6,11-16H2,1H3,(H3,21,22,23);1H. The fourth-order valence-corrected chi connectivity index (χ4v) is 3.69. The van der Waals surface area contributed by atoms with Crippen LogP contribution in [0, 0.1) is 0 Å². The van der Waals surface area contributed by atoms with Gasteiger partial charge in [-0.25, -0.2) is 4.99 Å². The van der Waals surface area contributed by atoms with Crippen LogP contribution in [0.2, 0.25) is 0 Å². The highest BCUT2D eigenvalue weighted by molar-refractivity contribution is 14.0. The van der Waals surface area contributed by atoms with Gasteiger partial charge in [-0.3, -0.25) is 4.90 Å². The van der Waals surface area contributed by atoms with Gasteiger partial charge < -0.3 is 16.0 Å². The van der Waals surface area contributed by atoms with Gasteiger partial charge >= 0.3 is 0 Å². The molecule has 1 heterocycles. The first-order valence-electron chi connectivity index (χ1n) is 9.74. The van der Waals surface area contributed by atoms with Crippen molar-refractivity contribution in [1.82, 2.24) is 15.1 Å². The summed E-state index contributed by atoms with van der Waals surface area (Å²) in [5.74, 6) is 0.591. The van der Waals surface area contributed by atoms with Crippen LogP contribution in [0.1, 0.15) is 43.2 Å². The first-order chi connectivity index (χ1) is 12.2. The zero-order valence-corrected chi connectivity index (χ0v) is 18.3. The van der Waals surface area contributed by atoms with Gasteiger partial charge in [-0.1, -0.05) is 43.5 Å². The third-order valence-electron chi connectivity index (χ3n) is 5.41. The highest BCUT2D eigenvalue weighted by Gasteiger charge is 2.14. The minimum absolute atomic E-state index is 0. The van der Waals surface area contributed by atoms with Gasteiger partial charge in [0.25, 0.3) is 0 Å². The summed E-state index contributed by atoms with van der Waals surface area (Å²) in [6.07, 6.45) is 6.41. The van der Waals surface area contributed by atoms with Gasteiger partial charge in [0.1, 0.15) is 0 Å². The van der Waals surface area contributed by atoms with Crippen LogP contribution in [0.15, 0.2) is 29.3 Å². The van der Waals surface area contributed by atoms with E-state index < -0.39 is 0 Å². The molecule has 3 rings (SSSR count). The number of benzene rings is 1. The van der Waals surface area contributed by atoms with Crippen LogP contribution in [-0.4, -0.2) is 55.0 Å². The van der Waals surface area contributed by atoms with Crippen molar-refractivity contribution in [3.8, 4) is 0 Å². The van der Waals surface area contributed by atoms with Gasteiger partial charge in [0.15, 0.2) is 5.96 Å². The maximum absolute atomic E-state index is 6.05. The van der Waals surface area contributed by atoms with Crippen LogP contribution in [0.25, 0.3) is 0 Å². The monoisotopic (exact) mass is 471 g/mol. The lowest BCUT2D eigenvalue weighted by molar-refractivity contribution is 0.148. The third kappa shape index (κ3) is 7.04. The van der Waals surface area contributed by atoms with E-state index in [1.165, 1.54) is 56.3 Å². The molecule has 1 saturated heterocycles. The molecule has 6 heteroatoms. The minimum Gasteiger partial charge on any atom is -0.370 e. The molecule has 26 heavy (non-hydrogen) atoms. The van der Waals surface area contributed by atoms with Gasteiger partial charge in [-0.2, -0.15) is 0 Å². The number of aliphatic imine (C=N–C) groups is 1. The lowest BCUT2D eigenvalue weighted by atomic mass is 9.96. The number of nitrogens with one attached hydrogen (secondary N) is 1. The largest absolute Gasteiger partial charge is 0.370 e. The first-order valence-corrected chi connectivity index (χ1v) is 9.74. The number of rotatable bonds is 5. The predicted molar refractivity (Wildman–Crippen MR) is 120 cm³/mol. The maximum atomic E-state index is 6.05. The summed E-state index contributed by atoms with van der Waals surface area (Å²) >= 11 is 0. The zero-order chi connectivity index (χ0) is 17.5. The molecule has 5 nitrogen and oxygen atoms in total. The number of guanidine groups is 1. The second-order valence-corrected chi connectivity index (χ2v) is 7.58. The number of piperazine rings is 1. The van der Waals surface area contributed by atoms with Crippen molar-refractivity contribution in [3.63, 3.8) is 0 Å². The molecular formula is C20H34IN5. The van der Waals surface area contributed by atoms with E-state index in [1.54, 1.807) is 0 Å². The average molecular weight is 471 g/mol. The quantitative estimate of drug-likeness (QED) is 0.394. The Bertz CT molecular complexity index is 546. The number of nitrogens with two attached hydrogens (primary N) is 1. The topological polar surface area (TPSA) is 56.9 Å². The van der Waals surface area contributed by atoms with Crippen LogP contribution < -0.4 is 11.1 Å². The summed E-state index contributed by atoms with van der Waals surface area (Å²) in [6, 6.07) is 9.34. The van der Waals surface area contributed by atoms with Crippen LogP contribution in [0.5, 0.6) is 0 Å². The Balaban J connectivity index is 0.00000243. The summed E-state index contributed by atoms with van der Waals surface area (Å²) in [5, 5.41) is 3.38. The Hall–Kier alpha value is -0.860. The van der Waals surface area contributed by atoms with Gasteiger partial charge in [0, 0.05) is 38.8 Å². The average Bonchev–Trinajstić information content (AvgIpc) is 2.64. The molecule has 0 unspecified atom stereocenters. The molecule has 1 aliphatic carbocycles. The molecule has 0 amide bonds. The molecule has 0 atom stereocenters. The second kappa shape index (κ2) is 11.1. The molecule has 0 radical (unpaired) electrons. The molecule has 3 N–H and O–H groups in total. The molecule has 2 aliphatic rings. The minimum atomic E-state index is 0.